The summed E-state index contributed by atoms with van der Waals surface area (Å²) in [5.74, 6) is 0.0961. The van der Waals surface area contributed by atoms with Crippen LogP contribution in [0.2, 0.25) is 5.02 Å². The normalized spacial score (nSPS) is 19.3. The third kappa shape index (κ3) is 3.16. The molecule has 3 nitrogen and oxygen atoms in total. The van der Waals surface area contributed by atoms with Gasteiger partial charge in [-0.15, -0.1) is 12.4 Å². The summed E-state index contributed by atoms with van der Waals surface area (Å²) in [6.07, 6.45) is 0. The second-order valence-corrected chi connectivity index (χ2v) is 4.92. The molecular weight excluding hydrogens is 271 g/mol. The summed E-state index contributed by atoms with van der Waals surface area (Å²) >= 11 is 5.96. The molecule has 5 heteroatoms. The van der Waals surface area contributed by atoms with Crippen LogP contribution in [0.1, 0.15) is 22.8 Å². The van der Waals surface area contributed by atoms with Gasteiger partial charge in [0.1, 0.15) is 0 Å². The van der Waals surface area contributed by atoms with Crippen molar-refractivity contribution in [1.82, 2.24) is 10.2 Å². The number of hydrogen-bond acceptors (Lipinski definition) is 2. The quantitative estimate of drug-likeness (QED) is 0.861. The first-order chi connectivity index (χ1) is 8.09. The van der Waals surface area contributed by atoms with Gasteiger partial charge in [0.05, 0.1) is 0 Å². The Morgan fingerprint density at radius 3 is 2.83 bits per heavy atom. The molecular formula is C13H18Cl2N2O. The highest BCUT2D eigenvalue weighted by Crippen LogP contribution is 2.18. The number of rotatable bonds is 1. The zero-order valence-electron chi connectivity index (χ0n) is 10.6. The fraction of sp³-hybridized carbons (Fsp3) is 0.462. The summed E-state index contributed by atoms with van der Waals surface area (Å²) in [6, 6.07) is 5.69. The molecule has 0 radical (unpaired) electrons. The van der Waals surface area contributed by atoms with Crippen LogP contribution in [0.15, 0.2) is 18.2 Å². The van der Waals surface area contributed by atoms with Crippen LogP contribution < -0.4 is 5.32 Å². The predicted octanol–water partition coefficient (Wildman–Crippen LogP) is 2.50. The molecule has 1 atom stereocenters. The van der Waals surface area contributed by atoms with Crippen LogP contribution >= 0.6 is 24.0 Å². The second-order valence-electron chi connectivity index (χ2n) is 4.52. The highest BCUT2D eigenvalue weighted by Gasteiger charge is 2.24. The largest absolute Gasteiger partial charge is 0.333 e. The van der Waals surface area contributed by atoms with Gasteiger partial charge < -0.3 is 10.2 Å². The lowest BCUT2D eigenvalue weighted by atomic mass is 10.1. The summed E-state index contributed by atoms with van der Waals surface area (Å²) in [4.78, 5) is 14.2. The number of nitrogens with one attached hydrogen (secondary N) is 1. The van der Waals surface area contributed by atoms with Gasteiger partial charge in [0.25, 0.3) is 5.91 Å². The molecule has 0 saturated carbocycles. The lowest BCUT2D eigenvalue weighted by molar-refractivity contribution is 0.0655. The maximum absolute atomic E-state index is 12.3. The van der Waals surface area contributed by atoms with E-state index in [1.807, 2.05) is 17.9 Å². The third-order valence-electron chi connectivity index (χ3n) is 3.17. The SMILES string of the molecule is Cc1cc(C(=O)N2CCNC[C@H]2C)ccc1Cl.Cl. The maximum atomic E-state index is 12.3. The Labute approximate surface area is 119 Å². The fourth-order valence-electron chi connectivity index (χ4n) is 2.09. The summed E-state index contributed by atoms with van der Waals surface area (Å²) in [5, 5.41) is 3.98. The second kappa shape index (κ2) is 6.41. The van der Waals surface area contributed by atoms with Crippen molar-refractivity contribution in [2.45, 2.75) is 19.9 Å². The van der Waals surface area contributed by atoms with Crippen LogP contribution in [0, 0.1) is 6.92 Å². The Kier molecular flexibility index (Phi) is 5.45. The minimum atomic E-state index is 0. The zero-order valence-corrected chi connectivity index (χ0v) is 12.1. The van der Waals surface area contributed by atoms with E-state index in [1.165, 1.54) is 0 Å². The lowest BCUT2D eigenvalue weighted by Gasteiger charge is -2.34. The molecule has 0 aliphatic carbocycles. The summed E-state index contributed by atoms with van der Waals surface area (Å²) < 4.78 is 0. The monoisotopic (exact) mass is 288 g/mol. The number of aryl methyl sites for hydroxylation is 1. The van der Waals surface area contributed by atoms with Crippen molar-refractivity contribution < 1.29 is 4.79 Å². The fourth-order valence-corrected chi connectivity index (χ4v) is 2.20. The van der Waals surface area contributed by atoms with E-state index in [0.29, 0.717) is 5.02 Å². The molecule has 0 spiro atoms. The molecule has 1 saturated heterocycles. The Morgan fingerprint density at radius 1 is 1.50 bits per heavy atom. The third-order valence-corrected chi connectivity index (χ3v) is 3.59. The first kappa shape index (κ1) is 15.3. The van der Waals surface area contributed by atoms with E-state index < -0.39 is 0 Å². The average molecular weight is 289 g/mol. The molecule has 1 fully saturated rings. The number of piperazine rings is 1. The van der Waals surface area contributed by atoms with Gasteiger partial charge in [-0.25, -0.2) is 0 Å². The number of carbonyl (C=O) groups excluding carboxylic acids is 1. The molecule has 0 bridgehead atoms. The molecule has 2 rings (SSSR count). The molecule has 1 aromatic rings. The molecule has 1 aromatic carbocycles. The predicted molar refractivity (Wildman–Crippen MR) is 76.8 cm³/mol. The first-order valence-electron chi connectivity index (χ1n) is 5.87. The summed E-state index contributed by atoms with van der Waals surface area (Å²) in [5.41, 5.74) is 1.67. The Morgan fingerprint density at radius 2 is 2.22 bits per heavy atom. The molecule has 100 valence electrons. The van der Waals surface area contributed by atoms with E-state index in [1.54, 1.807) is 12.1 Å². The van der Waals surface area contributed by atoms with Crippen molar-refractivity contribution in [3.63, 3.8) is 0 Å². The Hall–Kier alpha value is -0.770. The topological polar surface area (TPSA) is 32.3 Å². The smallest absolute Gasteiger partial charge is 0.254 e. The van der Waals surface area contributed by atoms with Crippen molar-refractivity contribution in [3.05, 3.63) is 34.3 Å². The number of benzene rings is 1. The Balaban J connectivity index is 0.00000162. The molecule has 1 aliphatic heterocycles. The number of amides is 1. The number of carbonyl (C=O) groups is 1. The molecule has 0 aromatic heterocycles. The van der Waals surface area contributed by atoms with E-state index in [-0.39, 0.29) is 24.4 Å². The van der Waals surface area contributed by atoms with Crippen molar-refractivity contribution in [3.8, 4) is 0 Å². The molecule has 18 heavy (non-hydrogen) atoms. The van der Waals surface area contributed by atoms with Gasteiger partial charge >= 0.3 is 0 Å². The standard InChI is InChI=1S/C13H17ClN2O.ClH/c1-9-7-11(3-4-12(9)14)13(17)16-6-5-15-8-10(16)2;/h3-4,7,10,15H,5-6,8H2,1-2H3;1H/t10-;/m1./s1. The van der Waals surface area contributed by atoms with E-state index in [9.17, 15) is 4.79 Å². The molecule has 1 aliphatic rings. The van der Waals surface area contributed by atoms with Crippen LogP contribution in [0.4, 0.5) is 0 Å². The van der Waals surface area contributed by atoms with Gasteiger partial charge in [0, 0.05) is 36.3 Å². The maximum Gasteiger partial charge on any atom is 0.254 e. The minimum Gasteiger partial charge on any atom is -0.333 e. The van der Waals surface area contributed by atoms with Crippen LogP contribution in [-0.2, 0) is 0 Å². The van der Waals surface area contributed by atoms with Gasteiger partial charge in [-0.1, -0.05) is 11.6 Å². The van der Waals surface area contributed by atoms with Gasteiger partial charge in [0.2, 0.25) is 0 Å². The summed E-state index contributed by atoms with van der Waals surface area (Å²) in [6.45, 7) is 6.47. The van der Waals surface area contributed by atoms with Gasteiger partial charge in [0.15, 0.2) is 0 Å². The van der Waals surface area contributed by atoms with Gasteiger partial charge in [-0.3, -0.25) is 4.79 Å². The zero-order chi connectivity index (χ0) is 12.4. The summed E-state index contributed by atoms with van der Waals surface area (Å²) in [7, 11) is 0. The van der Waals surface area contributed by atoms with Crippen LogP contribution in [0.25, 0.3) is 0 Å². The lowest BCUT2D eigenvalue weighted by Crippen LogP contribution is -2.52. The molecule has 0 unspecified atom stereocenters. The molecule has 1 heterocycles. The number of nitrogens with zero attached hydrogens (tertiary/aromatic N) is 1. The highest BCUT2D eigenvalue weighted by atomic mass is 35.5. The minimum absolute atomic E-state index is 0. The van der Waals surface area contributed by atoms with Crippen molar-refractivity contribution in [2.75, 3.05) is 19.6 Å². The van der Waals surface area contributed by atoms with Crippen molar-refractivity contribution in [1.29, 1.82) is 0 Å². The molecule has 1 N–H and O–H groups in total. The van der Waals surface area contributed by atoms with E-state index in [2.05, 4.69) is 12.2 Å². The van der Waals surface area contributed by atoms with Crippen LogP contribution in [-0.4, -0.2) is 36.5 Å². The average Bonchev–Trinajstić information content (AvgIpc) is 2.32. The number of halogens is 2. The van der Waals surface area contributed by atoms with Crippen LogP contribution in [0.3, 0.4) is 0 Å². The van der Waals surface area contributed by atoms with Crippen molar-refractivity contribution in [2.24, 2.45) is 0 Å². The van der Waals surface area contributed by atoms with Gasteiger partial charge in [-0.2, -0.15) is 0 Å². The van der Waals surface area contributed by atoms with Crippen LogP contribution in [0.5, 0.6) is 0 Å². The number of hydrogen-bond donors (Lipinski definition) is 1. The van der Waals surface area contributed by atoms with E-state index >= 15 is 0 Å². The van der Waals surface area contributed by atoms with E-state index in [0.717, 1.165) is 30.8 Å². The van der Waals surface area contributed by atoms with Crippen molar-refractivity contribution >= 4 is 29.9 Å². The van der Waals surface area contributed by atoms with Gasteiger partial charge in [-0.05, 0) is 37.6 Å². The van der Waals surface area contributed by atoms with E-state index in [4.69, 9.17) is 11.6 Å². The molecule has 1 amide bonds. The Bertz CT molecular complexity index is 437. The highest BCUT2D eigenvalue weighted by molar-refractivity contribution is 6.31. The first-order valence-corrected chi connectivity index (χ1v) is 6.25.